The largest absolute Gasteiger partial charge is 0.497 e. The van der Waals surface area contributed by atoms with Gasteiger partial charge < -0.3 is 19.5 Å². The topological polar surface area (TPSA) is 85.9 Å². The molecular weight excluding hydrogens is 348 g/mol. The molecule has 7 heteroatoms. The molecule has 0 saturated carbocycles. The van der Waals surface area contributed by atoms with Crippen LogP contribution in [0, 0.1) is 5.92 Å². The van der Waals surface area contributed by atoms with E-state index in [2.05, 4.69) is 10.6 Å². The van der Waals surface area contributed by atoms with E-state index in [1.165, 1.54) is 14.2 Å². The van der Waals surface area contributed by atoms with Crippen LogP contribution in [0.15, 0.2) is 42.5 Å². The van der Waals surface area contributed by atoms with Crippen molar-refractivity contribution < 1.29 is 23.8 Å². The number of methoxy groups -OCH3 is 2. The second-order valence-electron chi connectivity index (χ2n) is 6.22. The van der Waals surface area contributed by atoms with Crippen molar-refractivity contribution in [2.45, 2.75) is 13.8 Å². The molecule has 0 atom stereocenters. The predicted molar refractivity (Wildman–Crippen MR) is 104 cm³/mol. The molecule has 2 N–H and O–H groups in total. The summed E-state index contributed by atoms with van der Waals surface area (Å²) in [6.45, 7) is 4.24. The molecule has 2 amide bonds. The van der Waals surface area contributed by atoms with Crippen LogP contribution in [-0.4, -0.2) is 32.8 Å². The molecule has 0 fully saturated rings. The summed E-state index contributed by atoms with van der Waals surface area (Å²) < 4.78 is 15.5. The lowest BCUT2D eigenvalue weighted by Crippen LogP contribution is -2.17. The number of carbonyl (C=O) groups excluding carboxylic acids is 2. The van der Waals surface area contributed by atoms with Crippen LogP contribution in [0.3, 0.4) is 0 Å². The van der Waals surface area contributed by atoms with Crippen LogP contribution in [0.4, 0.5) is 16.2 Å². The highest BCUT2D eigenvalue weighted by Crippen LogP contribution is 2.25. The second kappa shape index (κ2) is 9.47. The first-order valence-corrected chi connectivity index (χ1v) is 8.50. The summed E-state index contributed by atoms with van der Waals surface area (Å²) in [6.07, 6.45) is -0.540. The minimum atomic E-state index is -0.540. The molecule has 0 spiro atoms. The van der Waals surface area contributed by atoms with Crippen LogP contribution in [0.25, 0.3) is 0 Å². The van der Waals surface area contributed by atoms with Crippen molar-refractivity contribution in [1.29, 1.82) is 0 Å². The predicted octanol–water partition coefficient (Wildman–Crippen LogP) is 4.16. The zero-order valence-corrected chi connectivity index (χ0v) is 15.9. The number of anilines is 2. The third-order valence-corrected chi connectivity index (χ3v) is 3.57. The maximum absolute atomic E-state index is 12.6. The highest BCUT2D eigenvalue weighted by molar-refractivity contribution is 6.06. The first kappa shape index (κ1) is 20.1. The Kier molecular flexibility index (Phi) is 7.05. The number of carbonyl (C=O) groups is 2. The number of hydrogen-bond donors (Lipinski definition) is 2. The van der Waals surface area contributed by atoms with E-state index in [4.69, 9.17) is 14.2 Å². The summed E-state index contributed by atoms with van der Waals surface area (Å²) in [7, 11) is 3.02. The van der Waals surface area contributed by atoms with Crippen LogP contribution in [0.1, 0.15) is 24.2 Å². The van der Waals surface area contributed by atoms with Crippen molar-refractivity contribution in [3.05, 3.63) is 48.0 Å². The average molecular weight is 372 g/mol. The molecule has 0 bridgehead atoms. The quantitative estimate of drug-likeness (QED) is 0.762. The van der Waals surface area contributed by atoms with Gasteiger partial charge in [0, 0.05) is 11.4 Å². The van der Waals surface area contributed by atoms with Gasteiger partial charge in [-0.15, -0.1) is 0 Å². The van der Waals surface area contributed by atoms with Crippen molar-refractivity contribution in [2.24, 2.45) is 5.92 Å². The van der Waals surface area contributed by atoms with Gasteiger partial charge in [0.05, 0.1) is 26.4 Å². The number of ether oxygens (including phenoxy) is 3. The Morgan fingerprint density at radius 1 is 0.963 bits per heavy atom. The molecule has 0 aliphatic heterocycles. The molecule has 0 unspecified atom stereocenters. The van der Waals surface area contributed by atoms with Crippen molar-refractivity contribution in [3.63, 3.8) is 0 Å². The van der Waals surface area contributed by atoms with Crippen LogP contribution in [0.5, 0.6) is 11.5 Å². The molecule has 0 aliphatic rings. The smallest absolute Gasteiger partial charge is 0.411 e. The van der Waals surface area contributed by atoms with Crippen LogP contribution < -0.4 is 20.1 Å². The van der Waals surface area contributed by atoms with Gasteiger partial charge in [-0.3, -0.25) is 10.1 Å². The van der Waals surface area contributed by atoms with Crippen molar-refractivity contribution in [2.75, 3.05) is 31.5 Å². The molecule has 0 aliphatic carbocycles. The van der Waals surface area contributed by atoms with E-state index >= 15 is 0 Å². The summed E-state index contributed by atoms with van der Waals surface area (Å²) in [6, 6.07) is 11.8. The number of benzene rings is 2. The highest BCUT2D eigenvalue weighted by Gasteiger charge is 2.14. The molecule has 0 radical (unpaired) electrons. The highest BCUT2D eigenvalue weighted by atomic mass is 16.5. The first-order valence-electron chi connectivity index (χ1n) is 8.50. The van der Waals surface area contributed by atoms with E-state index in [1.54, 1.807) is 42.5 Å². The summed E-state index contributed by atoms with van der Waals surface area (Å²) >= 11 is 0. The maximum Gasteiger partial charge on any atom is 0.411 e. The first-order chi connectivity index (χ1) is 12.9. The van der Waals surface area contributed by atoms with Crippen LogP contribution in [0.2, 0.25) is 0 Å². The lowest BCUT2D eigenvalue weighted by Gasteiger charge is -2.12. The Labute approximate surface area is 158 Å². The number of nitrogens with one attached hydrogen (secondary N) is 2. The zero-order valence-electron chi connectivity index (χ0n) is 15.9. The summed E-state index contributed by atoms with van der Waals surface area (Å²) in [5.41, 5.74) is 1.37. The second-order valence-corrected chi connectivity index (χ2v) is 6.22. The van der Waals surface area contributed by atoms with Gasteiger partial charge in [-0.1, -0.05) is 19.9 Å². The number of rotatable bonds is 7. The molecule has 2 aromatic rings. The van der Waals surface area contributed by atoms with Gasteiger partial charge in [0.2, 0.25) is 0 Å². The van der Waals surface area contributed by atoms with E-state index in [0.717, 1.165) is 0 Å². The van der Waals surface area contributed by atoms with E-state index in [0.29, 0.717) is 35.0 Å². The fourth-order valence-electron chi connectivity index (χ4n) is 2.26. The van der Waals surface area contributed by atoms with Crippen molar-refractivity contribution in [1.82, 2.24) is 0 Å². The fourth-order valence-corrected chi connectivity index (χ4v) is 2.26. The lowest BCUT2D eigenvalue weighted by molar-refractivity contribution is 0.102. The summed E-state index contributed by atoms with van der Waals surface area (Å²) in [5, 5.41) is 5.42. The van der Waals surface area contributed by atoms with Gasteiger partial charge in [-0.05, 0) is 42.3 Å². The standard InChI is InChI=1S/C20H24N2O5/c1-13(2)12-27-20(24)22-15-7-5-6-14(10-15)21-19(23)17-11-16(25-3)8-9-18(17)26-4/h5-11,13H,12H2,1-4H3,(H,21,23)(H,22,24). The Morgan fingerprint density at radius 3 is 2.30 bits per heavy atom. The average Bonchev–Trinajstić information content (AvgIpc) is 2.66. The molecule has 0 saturated heterocycles. The Bertz CT molecular complexity index is 805. The molecule has 2 rings (SSSR count). The van der Waals surface area contributed by atoms with Crippen LogP contribution >= 0.6 is 0 Å². The fraction of sp³-hybridized carbons (Fsp3) is 0.300. The Balaban J connectivity index is 2.09. The van der Waals surface area contributed by atoms with Gasteiger partial charge in [0.25, 0.3) is 5.91 Å². The van der Waals surface area contributed by atoms with Crippen molar-refractivity contribution in [3.8, 4) is 11.5 Å². The molecule has 7 nitrogen and oxygen atoms in total. The molecule has 144 valence electrons. The van der Waals surface area contributed by atoms with Gasteiger partial charge in [-0.25, -0.2) is 4.79 Å². The Morgan fingerprint density at radius 2 is 1.67 bits per heavy atom. The monoisotopic (exact) mass is 372 g/mol. The van der Waals surface area contributed by atoms with E-state index in [9.17, 15) is 9.59 Å². The maximum atomic E-state index is 12.6. The summed E-state index contributed by atoms with van der Waals surface area (Å²) in [4.78, 5) is 24.4. The molecule has 27 heavy (non-hydrogen) atoms. The zero-order chi connectivity index (χ0) is 19.8. The summed E-state index contributed by atoms with van der Waals surface area (Å²) in [5.74, 6) is 0.869. The molecule has 0 heterocycles. The van der Waals surface area contributed by atoms with E-state index in [1.807, 2.05) is 13.8 Å². The van der Waals surface area contributed by atoms with Gasteiger partial charge in [-0.2, -0.15) is 0 Å². The minimum absolute atomic E-state index is 0.249. The SMILES string of the molecule is COc1ccc(OC)c(C(=O)Nc2cccc(NC(=O)OCC(C)C)c2)c1. The van der Waals surface area contributed by atoms with Gasteiger partial charge >= 0.3 is 6.09 Å². The normalized spacial score (nSPS) is 10.3. The third-order valence-electron chi connectivity index (χ3n) is 3.57. The number of hydrogen-bond acceptors (Lipinski definition) is 5. The van der Waals surface area contributed by atoms with Crippen LogP contribution in [-0.2, 0) is 4.74 Å². The van der Waals surface area contributed by atoms with Crippen molar-refractivity contribution >= 4 is 23.4 Å². The molecular formula is C20H24N2O5. The number of amides is 2. The van der Waals surface area contributed by atoms with Gasteiger partial charge in [0.1, 0.15) is 11.5 Å². The third kappa shape index (κ3) is 5.91. The Hall–Kier alpha value is -3.22. The van der Waals surface area contributed by atoms with E-state index in [-0.39, 0.29) is 11.8 Å². The van der Waals surface area contributed by atoms with Gasteiger partial charge in [0.15, 0.2) is 0 Å². The molecule has 0 aromatic heterocycles. The van der Waals surface area contributed by atoms with E-state index < -0.39 is 6.09 Å². The lowest BCUT2D eigenvalue weighted by atomic mass is 10.1. The molecule has 2 aromatic carbocycles. The minimum Gasteiger partial charge on any atom is -0.497 e.